The van der Waals surface area contributed by atoms with Crippen LogP contribution in [-0.4, -0.2) is 52.6 Å². The summed E-state index contributed by atoms with van der Waals surface area (Å²) in [4.78, 5) is 25.1. The van der Waals surface area contributed by atoms with Gasteiger partial charge in [-0.1, -0.05) is 0 Å². The van der Waals surface area contributed by atoms with Gasteiger partial charge in [0, 0.05) is 24.4 Å². The first-order valence-electron chi connectivity index (χ1n) is 7.26. The molecular formula is C14H24N2O3S. The van der Waals surface area contributed by atoms with Crippen molar-refractivity contribution < 1.29 is 14.7 Å². The van der Waals surface area contributed by atoms with Gasteiger partial charge in [-0.2, -0.15) is 11.8 Å². The summed E-state index contributed by atoms with van der Waals surface area (Å²) in [6.45, 7) is 2.84. The van der Waals surface area contributed by atoms with Crippen molar-refractivity contribution >= 4 is 23.8 Å². The standard InChI is InChI=1S/C14H24N2O3S/c1-14(12(17)18)5-7-16(8-6-14)13(19)15-10-3-4-11(9-10)20-2/h10-11H,3-9H2,1-2H3,(H,15,19)(H,17,18). The number of nitrogens with one attached hydrogen (secondary N) is 1. The van der Waals surface area contributed by atoms with E-state index in [-0.39, 0.29) is 12.1 Å². The summed E-state index contributed by atoms with van der Waals surface area (Å²) in [6, 6.07) is 0.261. The highest BCUT2D eigenvalue weighted by atomic mass is 32.2. The first-order chi connectivity index (χ1) is 9.44. The summed E-state index contributed by atoms with van der Waals surface area (Å²) >= 11 is 1.87. The summed E-state index contributed by atoms with van der Waals surface area (Å²) in [7, 11) is 0. The molecule has 2 aliphatic rings. The second kappa shape index (κ2) is 6.24. The third-order valence-corrected chi connectivity index (χ3v) is 5.81. The molecule has 2 atom stereocenters. The van der Waals surface area contributed by atoms with Crippen LogP contribution in [0.1, 0.15) is 39.0 Å². The van der Waals surface area contributed by atoms with E-state index in [2.05, 4.69) is 11.6 Å². The van der Waals surface area contributed by atoms with Crippen LogP contribution < -0.4 is 5.32 Å². The van der Waals surface area contributed by atoms with Gasteiger partial charge in [0.1, 0.15) is 0 Å². The lowest BCUT2D eigenvalue weighted by Crippen LogP contribution is -2.50. The largest absolute Gasteiger partial charge is 0.481 e. The molecule has 114 valence electrons. The number of thioether (sulfide) groups is 1. The zero-order valence-electron chi connectivity index (χ0n) is 12.2. The minimum Gasteiger partial charge on any atom is -0.481 e. The lowest BCUT2D eigenvalue weighted by molar-refractivity contribution is -0.150. The Morgan fingerprint density at radius 3 is 2.45 bits per heavy atom. The first kappa shape index (κ1) is 15.5. The number of piperidine rings is 1. The van der Waals surface area contributed by atoms with Gasteiger partial charge in [0.25, 0.3) is 0 Å². The molecule has 1 heterocycles. The van der Waals surface area contributed by atoms with Crippen LogP contribution in [-0.2, 0) is 4.79 Å². The van der Waals surface area contributed by atoms with Gasteiger partial charge in [0.05, 0.1) is 5.41 Å². The lowest BCUT2D eigenvalue weighted by Gasteiger charge is -2.36. The summed E-state index contributed by atoms with van der Waals surface area (Å²) in [5.41, 5.74) is -0.673. The number of hydrogen-bond acceptors (Lipinski definition) is 3. The van der Waals surface area contributed by atoms with Crippen molar-refractivity contribution in [1.82, 2.24) is 10.2 Å². The van der Waals surface area contributed by atoms with E-state index in [0.29, 0.717) is 31.2 Å². The highest BCUT2D eigenvalue weighted by Gasteiger charge is 2.38. The van der Waals surface area contributed by atoms with Gasteiger partial charge in [-0.15, -0.1) is 0 Å². The SMILES string of the molecule is CSC1CCC(NC(=O)N2CCC(C)(C(=O)O)CC2)C1. The van der Waals surface area contributed by atoms with E-state index in [0.717, 1.165) is 12.8 Å². The van der Waals surface area contributed by atoms with E-state index in [1.807, 2.05) is 11.8 Å². The van der Waals surface area contributed by atoms with Crippen LogP contribution in [0.25, 0.3) is 0 Å². The fourth-order valence-electron chi connectivity index (χ4n) is 2.97. The van der Waals surface area contributed by atoms with Gasteiger partial charge >= 0.3 is 12.0 Å². The molecule has 1 saturated heterocycles. The summed E-state index contributed by atoms with van der Waals surface area (Å²) in [5.74, 6) is -0.754. The minimum absolute atomic E-state index is 0.0239. The Morgan fingerprint density at radius 1 is 1.30 bits per heavy atom. The molecule has 0 radical (unpaired) electrons. The van der Waals surface area contributed by atoms with Crippen molar-refractivity contribution in [1.29, 1.82) is 0 Å². The summed E-state index contributed by atoms with van der Waals surface area (Å²) in [5, 5.41) is 12.9. The highest BCUT2D eigenvalue weighted by Crippen LogP contribution is 2.32. The van der Waals surface area contributed by atoms with Gasteiger partial charge in [-0.05, 0) is 45.3 Å². The predicted octanol–water partition coefficient (Wildman–Crippen LogP) is 2.17. The van der Waals surface area contributed by atoms with Crippen molar-refractivity contribution in [2.24, 2.45) is 5.41 Å². The molecule has 5 nitrogen and oxygen atoms in total. The Hall–Kier alpha value is -0.910. The molecule has 2 amide bonds. The van der Waals surface area contributed by atoms with Gasteiger partial charge in [-0.25, -0.2) is 4.79 Å². The molecule has 2 rings (SSSR count). The molecule has 1 aliphatic carbocycles. The van der Waals surface area contributed by atoms with Gasteiger partial charge in [0.15, 0.2) is 0 Å². The molecule has 1 saturated carbocycles. The second-order valence-electron chi connectivity index (χ2n) is 6.17. The normalized spacial score (nSPS) is 29.2. The number of carbonyl (C=O) groups is 2. The number of aliphatic carboxylic acids is 1. The van der Waals surface area contributed by atoms with Crippen molar-refractivity contribution in [2.45, 2.75) is 50.3 Å². The molecular weight excluding hydrogens is 276 g/mol. The number of rotatable bonds is 3. The number of likely N-dealkylation sites (tertiary alicyclic amines) is 1. The molecule has 20 heavy (non-hydrogen) atoms. The quantitative estimate of drug-likeness (QED) is 0.838. The van der Waals surface area contributed by atoms with E-state index in [1.54, 1.807) is 11.8 Å². The maximum atomic E-state index is 12.2. The van der Waals surface area contributed by atoms with E-state index >= 15 is 0 Å². The number of urea groups is 1. The van der Waals surface area contributed by atoms with Crippen LogP contribution in [0.5, 0.6) is 0 Å². The monoisotopic (exact) mass is 300 g/mol. The smallest absolute Gasteiger partial charge is 0.317 e. The van der Waals surface area contributed by atoms with Crippen LogP contribution in [0.3, 0.4) is 0 Å². The summed E-state index contributed by atoms with van der Waals surface area (Å²) < 4.78 is 0. The number of carboxylic acid groups (broad SMARTS) is 1. The first-order valence-corrected chi connectivity index (χ1v) is 8.55. The Morgan fingerprint density at radius 2 is 1.95 bits per heavy atom. The Balaban J connectivity index is 1.79. The fraction of sp³-hybridized carbons (Fsp3) is 0.857. The zero-order chi connectivity index (χ0) is 14.8. The van der Waals surface area contributed by atoms with Crippen molar-refractivity contribution in [3.8, 4) is 0 Å². The molecule has 0 aromatic heterocycles. The number of hydrogen-bond donors (Lipinski definition) is 2. The third-order valence-electron chi connectivity index (χ3n) is 4.72. The van der Waals surface area contributed by atoms with Crippen LogP contribution in [0.15, 0.2) is 0 Å². The lowest BCUT2D eigenvalue weighted by atomic mass is 9.80. The maximum Gasteiger partial charge on any atom is 0.317 e. The van der Waals surface area contributed by atoms with Gasteiger partial charge in [0.2, 0.25) is 0 Å². The van der Waals surface area contributed by atoms with Crippen LogP contribution >= 0.6 is 11.8 Å². The van der Waals surface area contributed by atoms with E-state index in [4.69, 9.17) is 0 Å². The van der Waals surface area contributed by atoms with Crippen LogP contribution in [0, 0.1) is 5.41 Å². The van der Waals surface area contributed by atoms with E-state index in [1.165, 1.54) is 6.42 Å². The molecule has 6 heteroatoms. The molecule has 2 unspecified atom stereocenters. The van der Waals surface area contributed by atoms with Gasteiger partial charge < -0.3 is 15.3 Å². The van der Waals surface area contributed by atoms with E-state index in [9.17, 15) is 14.7 Å². The number of carboxylic acids is 1. The third kappa shape index (κ3) is 3.40. The van der Waals surface area contributed by atoms with Crippen molar-refractivity contribution in [3.63, 3.8) is 0 Å². The number of nitrogens with zero attached hydrogens (tertiary/aromatic N) is 1. The van der Waals surface area contributed by atoms with Crippen molar-refractivity contribution in [2.75, 3.05) is 19.3 Å². The topological polar surface area (TPSA) is 69.6 Å². The fourth-order valence-corrected chi connectivity index (χ4v) is 3.76. The molecule has 0 aromatic rings. The average molecular weight is 300 g/mol. The Kier molecular flexibility index (Phi) is 4.83. The Labute approximate surface area is 124 Å². The van der Waals surface area contributed by atoms with Gasteiger partial charge in [-0.3, -0.25) is 4.79 Å². The molecule has 2 N–H and O–H groups in total. The maximum absolute atomic E-state index is 12.2. The minimum atomic E-state index is -0.754. The van der Waals surface area contributed by atoms with Crippen molar-refractivity contribution in [3.05, 3.63) is 0 Å². The second-order valence-corrected chi connectivity index (χ2v) is 7.31. The number of amides is 2. The molecule has 0 bridgehead atoms. The summed E-state index contributed by atoms with van der Waals surface area (Å²) in [6.07, 6.45) is 6.46. The van der Waals surface area contributed by atoms with Crippen LogP contribution in [0.2, 0.25) is 0 Å². The average Bonchev–Trinajstić information content (AvgIpc) is 2.87. The molecule has 2 fully saturated rings. The molecule has 1 aliphatic heterocycles. The molecule has 0 spiro atoms. The van der Waals surface area contributed by atoms with E-state index < -0.39 is 11.4 Å². The van der Waals surface area contributed by atoms with Crippen LogP contribution in [0.4, 0.5) is 4.79 Å². The highest BCUT2D eigenvalue weighted by molar-refractivity contribution is 7.99. The Bertz CT molecular complexity index is 381. The predicted molar refractivity (Wildman–Crippen MR) is 80.0 cm³/mol. The zero-order valence-corrected chi connectivity index (χ0v) is 13.0. The molecule has 0 aromatic carbocycles. The number of carbonyl (C=O) groups excluding carboxylic acids is 1.